The molecule has 0 spiro atoms. The van der Waals surface area contributed by atoms with Gasteiger partial charge in [0.1, 0.15) is 0 Å². The number of methoxy groups -OCH3 is 1. The van der Waals surface area contributed by atoms with Crippen molar-refractivity contribution in [2.75, 3.05) is 7.11 Å². The first-order valence-corrected chi connectivity index (χ1v) is 7.81. The van der Waals surface area contributed by atoms with Crippen LogP contribution in [0.25, 0.3) is 0 Å². The van der Waals surface area contributed by atoms with Gasteiger partial charge in [-0.3, -0.25) is 23.9 Å². The molecule has 2 rings (SSSR count). The Bertz CT molecular complexity index is 891. The summed E-state index contributed by atoms with van der Waals surface area (Å²) in [5.74, 6) is -2.04. The van der Waals surface area contributed by atoms with E-state index in [9.17, 15) is 23.6 Å². The number of ether oxygens (including phenoxy) is 1. The molecule has 26 heavy (non-hydrogen) atoms. The van der Waals surface area contributed by atoms with Crippen LogP contribution in [0, 0.1) is 5.82 Å². The number of nitrogens with one attached hydrogen (secondary N) is 2. The molecule has 0 fully saturated rings. The number of H-pyrrole nitrogens is 1. The van der Waals surface area contributed by atoms with Gasteiger partial charge in [-0.2, -0.15) is 4.39 Å². The number of carbonyl (C=O) groups excluding carboxylic acids is 2. The summed E-state index contributed by atoms with van der Waals surface area (Å²) in [7, 11) is 1.25. The molecular formula is C17H18FN3O5. The molecule has 0 aliphatic carbocycles. The Morgan fingerprint density at radius 1 is 1.27 bits per heavy atom. The minimum atomic E-state index is -1.11. The van der Waals surface area contributed by atoms with Gasteiger partial charge in [0.25, 0.3) is 5.56 Å². The highest BCUT2D eigenvalue weighted by molar-refractivity contribution is 5.78. The van der Waals surface area contributed by atoms with E-state index in [-0.39, 0.29) is 19.4 Å². The summed E-state index contributed by atoms with van der Waals surface area (Å²) in [6.45, 7) is -0.127. The number of hydrogen-bond donors (Lipinski definition) is 2. The van der Waals surface area contributed by atoms with Crippen LogP contribution in [0.3, 0.4) is 0 Å². The summed E-state index contributed by atoms with van der Waals surface area (Å²) in [6.07, 6.45) is 0.549. The Balaban J connectivity index is 2.05. The Morgan fingerprint density at radius 3 is 2.62 bits per heavy atom. The van der Waals surface area contributed by atoms with E-state index >= 15 is 0 Å². The predicted molar refractivity (Wildman–Crippen MR) is 89.9 cm³/mol. The molecule has 1 amide bonds. The lowest BCUT2D eigenvalue weighted by Crippen LogP contribution is -2.34. The third kappa shape index (κ3) is 5.13. The van der Waals surface area contributed by atoms with E-state index in [1.165, 1.54) is 7.11 Å². The number of carbonyl (C=O) groups is 2. The van der Waals surface area contributed by atoms with Gasteiger partial charge in [-0.25, -0.2) is 4.79 Å². The van der Waals surface area contributed by atoms with Crippen molar-refractivity contribution in [1.82, 2.24) is 14.9 Å². The molecule has 0 bridgehead atoms. The van der Waals surface area contributed by atoms with Gasteiger partial charge in [-0.1, -0.05) is 30.3 Å². The van der Waals surface area contributed by atoms with Crippen molar-refractivity contribution < 1.29 is 18.7 Å². The predicted octanol–water partition coefficient (Wildman–Crippen LogP) is 0.486. The molecule has 0 aliphatic heterocycles. The summed E-state index contributed by atoms with van der Waals surface area (Å²) in [4.78, 5) is 48.2. The lowest BCUT2D eigenvalue weighted by atomic mass is 10.0. The number of amides is 1. The minimum Gasteiger partial charge on any atom is -0.469 e. The van der Waals surface area contributed by atoms with Gasteiger partial charge in [-0.05, 0) is 5.56 Å². The number of aromatic amines is 1. The maximum atomic E-state index is 13.2. The lowest BCUT2D eigenvalue weighted by Gasteiger charge is -2.18. The number of benzene rings is 1. The molecule has 0 saturated carbocycles. The van der Waals surface area contributed by atoms with Gasteiger partial charge in [0, 0.05) is 13.0 Å². The average Bonchev–Trinajstić information content (AvgIpc) is 2.63. The van der Waals surface area contributed by atoms with Gasteiger partial charge in [0.05, 0.1) is 25.8 Å². The van der Waals surface area contributed by atoms with Crippen LogP contribution in [0.4, 0.5) is 4.39 Å². The number of aromatic nitrogens is 2. The zero-order chi connectivity index (χ0) is 19.1. The third-order valence-corrected chi connectivity index (χ3v) is 3.68. The number of rotatable bonds is 7. The molecule has 8 nitrogen and oxygen atoms in total. The Morgan fingerprint density at radius 2 is 1.96 bits per heavy atom. The van der Waals surface area contributed by atoms with Crippen molar-refractivity contribution in [3.05, 3.63) is 68.7 Å². The molecule has 2 N–H and O–H groups in total. The third-order valence-electron chi connectivity index (χ3n) is 3.68. The maximum absolute atomic E-state index is 13.2. The minimum absolute atomic E-state index is 0.0561. The molecule has 0 aliphatic rings. The monoisotopic (exact) mass is 363 g/mol. The van der Waals surface area contributed by atoms with Crippen LogP contribution in [-0.2, 0) is 20.9 Å². The van der Waals surface area contributed by atoms with Crippen molar-refractivity contribution in [2.24, 2.45) is 0 Å². The van der Waals surface area contributed by atoms with Crippen molar-refractivity contribution in [2.45, 2.75) is 25.4 Å². The highest BCUT2D eigenvalue weighted by Gasteiger charge is 2.19. The highest BCUT2D eigenvalue weighted by atomic mass is 19.1. The second kappa shape index (κ2) is 8.75. The lowest BCUT2D eigenvalue weighted by molar-refractivity contribution is -0.141. The molecular weight excluding hydrogens is 345 g/mol. The number of nitrogens with zero attached hydrogens (tertiary/aromatic N) is 1. The Kier molecular flexibility index (Phi) is 6.42. The van der Waals surface area contributed by atoms with Gasteiger partial charge in [0.2, 0.25) is 11.7 Å². The van der Waals surface area contributed by atoms with Crippen LogP contribution in [0.2, 0.25) is 0 Å². The number of esters is 1. The largest absolute Gasteiger partial charge is 0.469 e. The normalized spacial score (nSPS) is 11.6. The van der Waals surface area contributed by atoms with E-state index < -0.39 is 35.0 Å². The van der Waals surface area contributed by atoms with Crippen LogP contribution in [0.15, 0.2) is 46.1 Å². The van der Waals surface area contributed by atoms with E-state index in [1.807, 2.05) is 4.98 Å². The van der Waals surface area contributed by atoms with E-state index in [2.05, 4.69) is 10.1 Å². The number of aryl methyl sites for hydroxylation is 1. The summed E-state index contributed by atoms with van der Waals surface area (Å²) < 4.78 is 18.8. The fourth-order valence-electron chi connectivity index (χ4n) is 2.32. The summed E-state index contributed by atoms with van der Waals surface area (Å²) >= 11 is 0. The van der Waals surface area contributed by atoms with Gasteiger partial charge >= 0.3 is 11.7 Å². The van der Waals surface area contributed by atoms with Gasteiger partial charge in [0.15, 0.2) is 0 Å². The topological polar surface area (TPSA) is 110 Å². The van der Waals surface area contributed by atoms with Crippen molar-refractivity contribution in [3.8, 4) is 0 Å². The zero-order valence-electron chi connectivity index (χ0n) is 14.0. The first-order chi connectivity index (χ1) is 12.4. The molecule has 1 atom stereocenters. The van der Waals surface area contributed by atoms with E-state index in [1.54, 1.807) is 30.3 Å². The fourth-order valence-corrected chi connectivity index (χ4v) is 2.32. The zero-order valence-corrected chi connectivity index (χ0v) is 14.0. The summed E-state index contributed by atoms with van der Waals surface area (Å²) in [6, 6.07) is 8.27. The maximum Gasteiger partial charge on any atom is 0.328 e. The molecule has 138 valence electrons. The Labute approximate surface area is 147 Å². The van der Waals surface area contributed by atoms with Crippen LogP contribution < -0.4 is 16.6 Å². The van der Waals surface area contributed by atoms with Gasteiger partial charge < -0.3 is 10.1 Å². The number of hydrogen-bond acceptors (Lipinski definition) is 5. The van der Waals surface area contributed by atoms with Crippen LogP contribution in [-0.4, -0.2) is 28.5 Å². The van der Waals surface area contributed by atoms with Crippen molar-refractivity contribution >= 4 is 11.9 Å². The molecule has 0 radical (unpaired) electrons. The molecule has 1 aromatic carbocycles. The summed E-state index contributed by atoms with van der Waals surface area (Å²) in [5, 5.41) is 2.69. The average molecular weight is 363 g/mol. The van der Waals surface area contributed by atoms with Crippen molar-refractivity contribution in [3.63, 3.8) is 0 Å². The molecule has 1 unspecified atom stereocenters. The highest BCUT2D eigenvalue weighted by Crippen LogP contribution is 2.17. The van der Waals surface area contributed by atoms with Crippen LogP contribution in [0.5, 0.6) is 0 Å². The molecule has 9 heteroatoms. The second-order valence-electron chi connectivity index (χ2n) is 5.49. The smallest absolute Gasteiger partial charge is 0.328 e. The molecule has 2 aromatic rings. The summed E-state index contributed by atoms with van der Waals surface area (Å²) in [5.41, 5.74) is -1.20. The van der Waals surface area contributed by atoms with E-state index in [4.69, 9.17) is 0 Å². The first-order valence-electron chi connectivity index (χ1n) is 7.81. The SMILES string of the molecule is COC(=O)CC(NC(=O)CCn1cc(F)c(=O)[nH]c1=O)c1ccccc1. The van der Waals surface area contributed by atoms with E-state index in [0.717, 1.165) is 16.3 Å². The molecule has 1 aromatic heterocycles. The fraction of sp³-hybridized carbons (Fsp3) is 0.294. The molecule has 0 saturated heterocycles. The van der Waals surface area contributed by atoms with Gasteiger partial charge in [-0.15, -0.1) is 0 Å². The quantitative estimate of drug-likeness (QED) is 0.696. The number of halogens is 1. The first kappa shape index (κ1) is 19.1. The Hall–Kier alpha value is -3.23. The van der Waals surface area contributed by atoms with Crippen LogP contribution >= 0.6 is 0 Å². The standard InChI is InChI=1S/C17H18FN3O5/c1-26-15(23)9-13(11-5-3-2-4-6-11)19-14(22)7-8-21-10-12(18)16(24)20-17(21)25/h2-6,10,13H,7-9H2,1H3,(H,19,22)(H,20,24,25). The second-order valence-corrected chi connectivity index (χ2v) is 5.49. The molecule has 1 heterocycles. The van der Waals surface area contributed by atoms with Crippen LogP contribution in [0.1, 0.15) is 24.4 Å². The van der Waals surface area contributed by atoms with E-state index in [0.29, 0.717) is 0 Å². The van der Waals surface area contributed by atoms with Crippen molar-refractivity contribution in [1.29, 1.82) is 0 Å².